The standard InChI is InChI=1S/C16H22N2O2/c1-11-9-13(10-17(11)2)18-8-7-12-5-3-4-6-14(12)15(18)16(19)20/h3-6,11,13,15H,7-10H2,1-2H3,(H,19,20). The van der Waals surface area contributed by atoms with Gasteiger partial charge in [0, 0.05) is 25.2 Å². The Morgan fingerprint density at radius 1 is 1.35 bits per heavy atom. The van der Waals surface area contributed by atoms with Crippen LogP contribution in [0.15, 0.2) is 24.3 Å². The van der Waals surface area contributed by atoms with Crippen molar-refractivity contribution in [1.29, 1.82) is 0 Å². The minimum atomic E-state index is -0.723. The fourth-order valence-electron chi connectivity index (χ4n) is 3.66. The summed E-state index contributed by atoms with van der Waals surface area (Å²) in [5, 5.41) is 9.69. The molecule has 1 aromatic rings. The van der Waals surface area contributed by atoms with E-state index in [1.54, 1.807) is 0 Å². The Morgan fingerprint density at radius 3 is 2.75 bits per heavy atom. The molecular weight excluding hydrogens is 252 g/mol. The van der Waals surface area contributed by atoms with Crippen molar-refractivity contribution in [2.45, 2.75) is 37.9 Å². The number of aliphatic carboxylic acids is 1. The topological polar surface area (TPSA) is 43.8 Å². The van der Waals surface area contributed by atoms with Crippen LogP contribution in [0.25, 0.3) is 0 Å². The monoisotopic (exact) mass is 274 g/mol. The third-order valence-corrected chi connectivity index (χ3v) is 4.89. The quantitative estimate of drug-likeness (QED) is 0.892. The van der Waals surface area contributed by atoms with Crippen LogP contribution < -0.4 is 0 Å². The third kappa shape index (κ3) is 2.23. The molecule has 108 valence electrons. The molecule has 0 aromatic heterocycles. The van der Waals surface area contributed by atoms with Gasteiger partial charge in [0.25, 0.3) is 0 Å². The lowest BCUT2D eigenvalue weighted by atomic mass is 9.91. The molecule has 3 unspecified atom stereocenters. The van der Waals surface area contributed by atoms with Gasteiger partial charge in [0.15, 0.2) is 0 Å². The molecule has 0 radical (unpaired) electrons. The van der Waals surface area contributed by atoms with Crippen molar-refractivity contribution in [2.75, 3.05) is 20.1 Å². The lowest BCUT2D eigenvalue weighted by molar-refractivity contribution is -0.145. The maximum Gasteiger partial charge on any atom is 0.325 e. The molecule has 0 aliphatic carbocycles. The van der Waals surface area contributed by atoms with Crippen molar-refractivity contribution in [2.24, 2.45) is 0 Å². The number of likely N-dealkylation sites (N-methyl/N-ethyl adjacent to an activating group) is 1. The second-order valence-electron chi connectivity index (χ2n) is 6.11. The van der Waals surface area contributed by atoms with Crippen molar-refractivity contribution < 1.29 is 9.90 Å². The van der Waals surface area contributed by atoms with Crippen LogP contribution in [0.5, 0.6) is 0 Å². The first-order valence-corrected chi connectivity index (χ1v) is 7.34. The smallest absolute Gasteiger partial charge is 0.325 e. The van der Waals surface area contributed by atoms with Gasteiger partial charge >= 0.3 is 5.97 Å². The molecule has 2 heterocycles. The summed E-state index contributed by atoms with van der Waals surface area (Å²) in [5.41, 5.74) is 2.17. The first-order valence-electron chi connectivity index (χ1n) is 7.34. The predicted molar refractivity (Wildman–Crippen MR) is 77.7 cm³/mol. The van der Waals surface area contributed by atoms with E-state index >= 15 is 0 Å². The number of carboxylic acids is 1. The summed E-state index contributed by atoms with van der Waals surface area (Å²) in [6.07, 6.45) is 2.01. The average Bonchev–Trinajstić information content (AvgIpc) is 2.77. The summed E-state index contributed by atoms with van der Waals surface area (Å²) in [5.74, 6) is -0.723. The van der Waals surface area contributed by atoms with Crippen molar-refractivity contribution in [3.05, 3.63) is 35.4 Å². The van der Waals surface area contributed by atoms with Crippen molar-refractivity contribution in [3.63, 3.8) is 0 Å². The molecule has 0 saturated carbocycles. The molecule has 4 nitrogen and oxygen atoms in total. The van der Waals surface area contributed by atoms with Crippen molar-refractivity contribution in [3.8, 4) is 0 Å². The molecule has 1 aromatic carbocycles. The highest BCUT2D eigenvalue weighted by Crippen LogP contribution is 2.34. The fraction of sp³-hybridized carbons (Fsp3) is 0.562. The van der Waals surface area contributed by atoms with E-state index in [0.717, 1.165) is 31.5 Å². The minimum Gasteiger partial charge on any atom is -0.480 e. The first kappa shape index (κ1) is 13.6. The van der Waals surface area contributed by atoms with Gasteiger partial charge in [-0.2, -0.15) is 0 Å². The van der Waals surface area contributed by atoms with E-state index in [0.29, 0.717) is 12.1 Å². The Hall–Kier alpha value is -1.39. The van der Waals surface area contributed by atoms with Crippen LogP contribution in [0.1, 0.15) is 30.5 Å². The lowest BCUT2D eigenvalue weighted by Gasteiger charge is -2.38. The van der Waals surface area contributed by atoms with Gasteiger partial charge in [-0.25, -0.2) is 0 Å². The summed E-state index contributed by atoms with van der Waals surface area (Å²) in [7, 11) is 2.12. The lowest BCUT2D eigenvalue weighted by Crippen LogP contribution is -2.46. The zero-order valence-electron chi connectivity index (χ0n) is 12.1. The molecule has 2 aliphatic rings. The summed E-state index contributed by atoms with van der Waals surface area (Å²) in [6, 6.07) is 8.38. The number of carbonyl (C=O) groups is 1. The van der Waals surface area contributed by atoms with E-state index in [2.05, 4.69) is 29.8 Å². The van der Waals surface area contributed by atoms with Gasteiger partial charge in [0.2, 0.25) is 0 Å². The van der Waals surface area contributed by atoms with Gasteiger partial charge in [-0.1, -0.05) is 24.3 Å². The maximum atomic E-state index is 11.8. The molecule has 3 rings (SSSR count). The molecule has 20 heavy (non-hydrogen) atoms. The molecule has 1 N–H and O–H groups in total. The highest BCUT2D eigenvalue weighted by molar-refractivity contribution is 5.76. The van der Waals surface area contributed by atoms with Crippen LogP contribution in [0.4, 0.5) is 0 Å². The molecule has 0 spiro atoms. The van der Waals surface area contributed by atoms with Gasteiger partial charge < -0.3 is 10.0 Å². The average molecular weight is 274 g/mol. The van der Waals surface area contributed by atoms with E-state index < -0.39 is 12.0 Å². The summed E-state index contributed by atoms with van der Waals surface area (Å²) in [4.78, 5) is 16.3. The molecule has 1 saturated heterocycles. The van der Waals surface area contributed by atoms with Gasteiger partial charge in [-0.15, -0.1) is 0 Å². The summed E-state index contributed by atoms with van der Waals surface area (Å²) < 4.78 is 0. The van der Waals surface area contributed by atoms with Crippen LogP contribution in [-0.2, 0) is 11.2 Å². The second kappa shape index (κ2) is 5.19. The summed E-state index contributed by atoms with van der Waals surface area (Å²) in [6.45, 7) is 4.03. The molecule has 2 aliphatic heterocycles. The Morgan fingerprint density at radius 2 is 2.10 bits per heavy atom. The van der Waals surface area contributed by atoms with Crippen molar-refractivity contribution >= 4 is 5.97 Å². The third-order valence-electron chi connectivity index (χ3n) is 4.89. The van der Waals surface area contributed by atoms with Crippen LogP contribution >= 0.6 is 0 Å². The van der Waals surface area contributed by atoms with Crippen LogP contribution in [0.2, 0.25) is 0 Å². The van der Waals surface area contributed by atoms with Gasteiger partial charge in [-0.3, -0.25) is 9.69 Å². The number of benzene rings is 1. The van der Waals surface area contributed by atoms with Gasteiger partial charge in [-0.05, 0) is 37.9 Å². The van der Waals surface area contributed by atoms with E-state index in [1.807, 2.05) is 18.2 Å². The molecule has 4 heteroatoms. The predicted octanol–water partition coefficient (Wildman–Crippen LogP) is 1.76. The largest absolute Gasteiger partial charge is 0.480 e. The van der Waals surface area contributed by atoms with Crippen molar-refractivity contribution in [1.82, 2.24) is 9.80 Å². The molecule has 3 atom stereocenters. The number of rotatable bonds is 2. The number of carboxylic acid groups (broad SMARTS) is 1. The van der Waals surface area contributed by atoms with Gasteiger partial charge in [0.1, 0.15) is 6.04 Å². The number of likely N-dealkylation sites (tertiary alicyclic amines) is 1. The first-order chi connectivity index (χ1) is 9.58. The van der Waals surface area contributed by atoms with E-state index in [-0.39, 0.29) is 0 Å². The molecule has 1 fully saturated rings. The van der Waals surface area contributed by atoms with Crippen LogP contribution in [0.3, 0.4) is 0 Å². The van der Waals surface area contributed by atoms with E-state index in [1.165, 1.54) is 5.56 Å². The highest BCUT2D eigenvalue weighted by Gasteiger charge is 2.40. The Labute approximate surface area is 120 Å². The minimum absolute atomic E-state index is 0.351. The van der Waals surface area contributed by atoms with E-state index in [4.69, 9.17) is 0 Å². The Bertz CT molecular complexity index is 507. The Kier molecular flexibility index (Phi) is 3.52. The number of hydrogen-bond acceptors (Lipinski definition) is 3. The Balaban J connectivity index is 1.91. The van der Waals surface area contributed by atoms with E-state index in [9.17, 15) is 9.90 Å². The van der Waals surface area contributed by atoms with Crippen LogP contribution in [0, 0.1) is 0 Å². The maximum absolute atomic E-state index is 11.8. The molecule has 0 amide bonds. The fourth-order valence-corrected chi connectivity index (χ4v) is 3.66. The molecular formula is C16H22N2O2. The number of hydrogen-bond donors (Lipinski definition) is 1. The van der Waals surface area contributed by atoms with Gasteiger partial charge in [0.05, 0.1) is 0 Å². The number of nitrogens with zero attached hydrogens (tertiary/aromatic N) is 2. The molecule has 0 bridgehead atoms. The SMILES string of the molecule is CC1CC(N2CCc3ccccc3C2C(=O)O)CN1C. The second-order valence-corrected chi connectivity index (χ2v) is 6.11. The number of fused-ring (bicyclic) bond motifs is 1. The zero-order valence-corrected chi connectivity index (χ0v) is 12.1. The summed E-state index contributed by atoms with van der Waals surface area (Å²) >= 11 is 0. The highest BCUT2D eigenvalue weighted by atomic mass is 16.4. The van der Waals surface area contributed by atoms with Crippen LogP contribution in [-0.4, -0.2) is 53.1 Å². The zero-order chi connectivity index (χ0) is 14.3. The normalized spacial score (nSPS) is 31.2.